The van der Waals surface area contributed by atoms with Crippen molar-refractivity contribution in [1.29, 1.82) is 0 Å². The maximum atomic E-state index is 11.7. The summed E-state index contributed by atoms with van der Waals surface area (Å²) in [5, 5.41) is 0.256. The van der Waals surface area contributed by atoms with Gasteiger partial charge in [0.1, 0.15) is 12.0 Å². The molecule has 0 N–H and O–H groups in total. The van der Waals surface area contributed by atoms with Gasteiger partial charge in [0.2, 0.25) is 0 Å². The summed E-state index contributed by atoms with van der Waals surface area (Å²) >= 11 is 0. The molecule has 0 aliphatic heterocycles. The van der Waals surface area contributed by atoms with Crippen molar-refractivity contribution in [1.82, 2.24) is 0 Å². The predicted molar refractivity (Wildman–Crippen MR) is 139 cm³/mol. The van der Waals surface area contributed by atoms with Crippen LogP contribution in [0.25, 0.3) is 0 Å². The van der Waals surface area contributed by atoms with Gasteiger partial charge >= 0.3 is 0 Å². The number of aldehydes is 1. The third-order valence-corrected chi connectivity index (χ3v) is 11.5. The summed E-state index contributed by atoms with van der Waals surface area (Å²) in [5.41, 5.74) is 3.06. The number of ether oxygens (including phenoxy) is 2. The molecular formula is C28H44O4Si. The van der Waals surface area contributed by atoms with Crippen LogP contribution in [0.3, 0.4) is 0 Å². The number of methoxy groups -OCH3 is 1. The van der Waals surface area contributed by atoms with Gasteiger partial charge in [0, 0.05) is 12.2 Å². The van der Waals surface area contributed by atoms with Crippen molar-refractivity contribution in [2.24, 2.45) is 5.92 Å². The zero-order chi connectivity index (χ0) is 24.5. The lowest BCUT2D eigenvalue weighted by Gasteiger charge is -2.37. The molecule has 0 spiro atoms. The van der Waals surface area contributed by atoms with E-state index in [1.165, 1.54) is 5.57 Å². The summed E-state index contributed by atoms with van der Waals surface area (Å²) in [6, 6.07) is 7.90. The first-order valence-corrected chi connectivity index (χ1v) is 15.2. The molecule has 0 bridgehead atoms. The average molecular weight is 473 g/mol. The third kappa shape index (κ3) is 8.88. The van der Waals surface area contributed by atoms with Gasteiger partial charge in [0.15, 0.2) is 8.32 Å². The smallest absolute Gasteiger partial charge is 0.191 e. The maximum Gasteiger partial charge on any atom is 0.191 e. The second-order valence-corrected chi connectivity index (χ2v) is 15.6. The van der Waals surface area contributed by atoms with Crippen LogP contribution >= 0.6 is 0 Å². The second kappa shape index (κ2) is 12.7. The van der Waals surface area contributed by atoms with E-state index >= 15 is 0 Å². The lowest BCUT2D eigenvalue weighted by atomic mass is 9.91. The lowest BCUT2D eigenvalue weighted by molar-refractivity contribution is -0.104. The summed E-state index contributed by atoms with van der Waals surface area (Å²) < 4.78 is 17.6. The second-order valence-electron chi connectivity index (χ2n) is 10.8. The summed E-state index contributed by atoms with van der Waals surface area (Å²) in [6.07, 6.45) is 10.3. The highest BCUT2D eigenvalue weighted by molar-refractivity contribution is 6.74. The van der Waals surface area contributed by atoms with Crippen LogP contribution < -0.4 is 4.74 Å². The number of carbonyl (C=O) groups excluding carboxylic acids is 1. The zero-order valence-corrected chi connectivity index (χ0v) is 22.8. The Hall–Kier alpha value is -1.69. The van der Waals surface area contributed by atoms with E-state index in [2.05, 4.69) is 46.9 Å². The minimum Gasteiger partial charge on any atom is -0.497 e. The van der Waals surface area contributed by atoms with Gasteiger partial charge in [0.05, 0.1) is 19.8 Å². The average Bonchev–Trinajstić information content (AvgIpc) is 2.79. The number of rotatable bonds is 12. The topological polar surface area (TPSA) is 44.8 Å². The molecule has 2 rings (SSSR count). The van der Waals surface area contributed by atoms with E-state index in [1.54, 1.807) is 7.11 Å². The van der Waals surface area contributed by atoms with Crippen molar-refractivity contribution < 1.29 is 18.7 Å². The molecule has 0 saturated carbocycles. The van der Waals surface area contributed by atoms with Gasteiger partial charge in [0.25, 0.3) is 0 Å². The number of benzene rings is 1. The Kier molecular flexibility index (Phi) is 10.6. The largest absolute Gasteiger partial charge is 0.497 e. The minimum atomic E-state index is -1.67. The summed E-state index contributed by atoms with van der Waals surface area (Å²) in [6.45, 7) is 15.1. The Morgan fingerprint density at radius 1 is 1.18 bits per heavy atom. The van der Waals surface area contributed by atoms with Crippen molar-refractivity contribution in [2.75, 3.05) is 13.7 Å². The van der Waals surface area contributed by atoms with Gasteiger partial charge in [-0.25, -0.2) is 0 Å². The highest BCUT2D eigenvalue weighted by Gasteiger charge is 2.37. The molecule has 0 radical (unpaired) electrons. The van der Waals surface area contributed by atoms with Gasteiger partial charge < -0.3 is 13.9 Å². The monoisotopic (exact) mass is 472 g/mol. The van der Waals surface area contributed by atoms with Crippen LogP contribution in [0.15, 0.2) is 47.6 Å². The highest BCUT2D eigenvalue weighted by Crippen LogP contribution is 2.37. The van der Waals surface area contributed by atoms with E-state index in [-0.39, 0.29) is 11.1 Å². The number of unbranched alkanes of at least 4 members (excludes halogenated alkanes) is 1. The Labute approximate surface area is 202 Å². The number of allylic oxidation sites excluding steroid dienone is 3. The first-order valence-electron chi connectivity index (χ1n) is 12.3. The van der Waals surface area contributed by atoms with Crippen LogP contribution in [0.1, 0.15) is 65.4 Å². The summed E-state index contributed by atoms with van der Waals surface area (Å²) in [5.74, 6) is 1.40. The number of hydrogen-bond donors (Lipinski definition) is 0. The van der Waals surface area contributed by atoms with E-state index in [4.69, 9.17) is 13.9 Å². The molecule has 0 amide bonds. The predicted octanol–water partition coefficient (Wildman–Crippen LogP) is 7.25. The highest BCUT2D eigenvalue weighted by atomic mass is 28.4. The van der Waals surface area contributed by atoms with Crippen LogP contribution in [0, 0.1) is 5.92 Å². The maximum absolute atomic E-state index is 11.7. The fourth-order valence-electron chi connectivity index (χ4n) is 3.62. The molecule has 1 aliphatic rings. The van der Waals surface area contributed by atoms with Gasteiger partial charge in [-0.3, -0.25) is 4.79 Å². The van der Waals surface area contributed by atoms with Gasteiger partial charge in [-0.05, 0) is 85.5 Å². The van der Waals surface area contributed by atoms with Crippen LogP contribution in [-0.4, -0.2) is 34.4 Å². The van der Waals surface area contributed by atoms with Crippen LogP contribution in [0.4, 0.5) is 0 Å². The van der Waals surface area contributed by atoms with Crippen LogP contribution in [0.5, 0.6) is 5.75 Å². The fraction of sp³-hybridized carbons (Fsp3) is 0.607. The zero-order valence-electron chi connectivity index (χ0n) is 21.8. The molecule has 0 heterocycles. The van der Waals surface area contributed by atoms with Gasteiger partial charge in [-0.15, -0.1) is 0 Å². The van der Waals surface area contributed by atoms with Crippen molar-refractivity contribution in [3.63, 3.8) is 0 Å². The quantitative estimate of drug-likeness (QED) is 0.182. The van der Waals surface area contributed by atoms with Gasteiger partial charge in [-0.2, -0.15) is 0 Å². The molecule has 5 heteroatoms. The normalized spacial score (nSPS) is 19.3. The van der Waals surface area contributed by atoms with E-state index in [0.717, 1.165) is 61.9 Å². The minimum absolute atomic E-state index is 0.0167. The fourth-order valence-corrected chi connectivity index (χ4v) is 4.75. The van der Waals surface area contributed by atoms with Crippen LogP contribution in [0.2, 0.25) is 18.1 Å². The van der Waals surface area contributed by atoms with Crippen LogP contribution in [-0.2, 0) is 20.6 Å². The number of carbonyl (C=O) groups is 1. The standard InChI is InChI=1S/C28H44O4Si/c1-22(20-32-33(6,7)28(2,3)4)10-8-9-11-24-14-17-27(18-25(24)19-29)31-21-23-12-15-26(30-5)16-13-23/h11-13,15-16,18-19,22,27H,8-10,14,17,20-21H2,1-7H3/b24-11+/t22-,27-/m1/s1. The van der Waals surface area contributed by atoms with E-state index < -0.39 is 8.32 Å². The van der Waals surface area contributed by atoms with E-state index in [0.29, 0.717) is 12.5 Å². The Morgan fingerprint density at radius 2 is 1.88 bits per heavy atom. The van der Waals surface area contributed by atoms with Gasteiger partial charge in [-0.1, -0.05) is 45.9 Å². The van der Waals surface area contributed by atoms with Crippen molar-refractivity contribution in [3.8, 4) is 5.75 Å². The molecule has 1 aromatic carbocycles. The molecule has 184 valence electrons. The first kappa shape index (κ1) is 27.6. The molecule has 2 atom stereocenters. The Balaban J connectivity index is 1.77. The molecule has 1 aromatic rings. The molecule has 0 saturated heterocycles. The molecular weight excluding hydrogens is 428 g/mol. The van der Waals surface area contributed by atoms with E-state index in [1.807, 2.05) is 30.3 Å². The molecule has 0 aromatic heterocycles. The lowest BCUT2D eigenvalue weighted by Crippen LogP contribution is -2.41. The third-order valence-electron chi connectivity index (χ3n) is 7.01. The molecule has 0 unspecified atom stereocenters. The molecule has 4 nitrogen and oxygen atoms in total. The molecule has 0 fully saturated rings. The first-order chi connectivity index (χ1) is 15.6. The van der Waals surface area contributed by atoms with Crippen molar-refractivity contribution in [2.45, 2.75) is 90.6 Å². The summed E-state index contributed by atoms with van der Waals surface area (Å²) in [7, 11) is -0.00914. The van der Waals surface area contributed by atoms with E-state index in [9.17, 15) is 4.79 Å². The SMILES string of the molecule is COc1ccc(CO[C@H]2C=C(C=O)/C(=C/CCC[C@@H](C)CO[Si](C)(C)C(C)(C)C)CC2)cc1. The number of hydrogen-bond acceptors (Lipinski definition) is 4. The summed E-state index contributed by atoms with van der Waals surface area (Å²) in [4.78, 5) is 11.7. The molecule has 33 heavy (non-hydrogen) atoms. The molecule has 1 aliphatic carbocycles. The Bertz CT molecular complexity index is 802. The van der Waals surface area contributed by atoms with Crippen molar-refractivity contribution >= 4 is 14.6 Å². The van der Waals surface area contributed by atoms with Crippen molar-refractivity contribution in [3.05, 3.63) is 53.1 Å². The Morgan fingerprint density at radius 3 is 2.48 bits per heavy atom.